The standard InChI is InChI=1S/C19H33N5O3S.HI/c1-8-20-17(26)19(6,7)11-22-18(21-9-2)24-13(5)15-23-12(4)14(28-15)16(25)27-10-3;/h13H,8-11H2,1-7H3,(H,20,26)(H2,21,22,24);1H. The summed E-state index contributed by atoms with van der Waals surface area (Å²) in [4.78, 5) is 33.8. The van der Waals surface area contributed by atoms with Crippen molar-refractivity contribution in [2.24, 2.45) is 10.4 Å². The van der Waals surface area contributed by atoms with E-state index in [-0.39, 0.29) is 41.9 Å². The zero-order valence-corrected chi connectivity index (χ0v) is 21.5. The number of aromatic nitrogens is 1. The Morgan fingerprint density at radius 3 is 2.38 bits per heavy atom. The van der Waals surface area contributed by atoms with Gasteiger partial charge >= 0.3 is 5.97 Å². The van der Waals surface area contributed by atoms with Crippen LogP contribution in [-0.4, -0.2) is 49.1 Å². The second-order valence-corrected chi connectivity index (χ2v) is 8.02. The summed E-state index contributed by atoms with van der Waals surface area (Å²) in [5.41, 5.74) is 0.0441. The molecule has 8 nitrogen and oxygen atoms in total. The number of esters is 1. The molecule has 1 aromatic rings. The van der Waals surface area contributed by atoms with E-state index in [2.05, 4.69) is 25.9 Å². The van der Waals surface area contributed by atoms with Crippen LogP contribution in [-0.2, 0) is 9.53 Å². The minimum atomic E-state index is -0.615. The van der Waals surface area contributed by atoms with Crippen molar-refractivity contribution >= 4 is 53.1 Å². The third kappa shape index (κ3) is 8.45. The summed E-state index contributed by atoms with van der Waals surface area (Å²) in [7, 11) is 0. The van der Waals surface area contributed by atoms with Crippen molar-refractivity contribution < 1.29 is 14.3 Å². The van der Waals surface area contributed by atoms with Gasteiger partial charge < -0.3 is 20.7 Å². The molecule has 1 atom stereocenters. The van der Waals surface area contributed by atoms with Crippen molar-refractivity contribution in [3.63, 3.8) is 0 Å². The van der Waals surface area contributed by atoms with Crippen LogP contribution in [0.2, 0.25) is 0 Å². The highest BCUT2D eigenvalue weighted by Gasteiger charge is 2.27. The van der Waals surface area contributed by atoms with E-state index in [1.165, 1.54) is 11.3 Å². The first-order valence-corrected chi connectivity index (χ1v) is 10.4. The number of nitrogens with zero attached hydrogens (tertiary/aromatic N) is 2. The third-order valence-corrected chi connectivity index (χ3v) is 5.25. The monoisotopic (exact) mass is 539 g/mol. The fourth-order valence-electron chi connectivity index (χ4n) is 2.32. The molecule has 0 aliphatic heterocycles. The fraction of sp³-hybridized carbons (Fsp3) is 0.684. The second kappa shape index (κ2) is 13.0. The molecule has 166 valence electrons. The predicted octanol–water partition coefficient (Wildman–Crippen LogP) is 3.02. The van der Waals surface area contributed by atoms with Crippen LogP contribution in [0.15, 0.2) is 4.99 Å². The van der Waals surface area contributed by atoms with Gasteiger partial charge in [0.2, 0.25) is 5.91 Å². The van der Waals surface area contributed by atoms with Crippen molar-refractivity contribution in [2.45, 2.75) is 54.5 Å². The molecule has 1 rings (SSSR count). The van der Waals surface area contributed by atoms with E-state index in [4.69, 9.17) is 4.74 Å². The lowest BCUT2D eigenvalue weighted by Gasteiger charge is -2.22. The first-order valence-electron chi connectivity index (χ1n) is 9.63. The molecule has 29 heavy (non-hydrogen) atoms. The number of carbonyl (C=O) groups excluding carboxylic acids is 2. The molecule has 1 amide bonds. The molecule has 1 unspecified atom stereocenters. The number of guanidine groups is 1. The minimum Gasteiger partial charge on any atom is -0.462 e. The van der Waals surface area contributed by atoms with E-state index < -0.39 is 5.41 Å². The van der Waals surface area contributed by atoms with E-state index in [1.54, 1.807) is 13.8 Å². The van der Waals surface area contributed by atoms with E-state index in [0.29, 0.717) is 42.8 Å². The number of amides is 1. The van der Waals surface area contributed by atoms with Crippen LogP contribution in [0.5, 0.6) is 0 Å². The summed E-state index contributed by atoms with van der Waals surface area (Å²) < 4.78 is 5.08. The predicted molar refractivity (Wildman–Crippen MR) is 128 cm³/mol. The zero-order chi connectivity index (χ0) is 21.3. The molecule has 0 aliphatic carbocycles. The lowest BCUT2D eigenvalue weighted by atomic mass is 9.92. The summed E-state index contributed by atoms with van der Waals surface area (Å²) in [6, 6.07) is -0.155. The molecule has 0 saturated heterocycles. The maximum Gasteiger partial charge on any atom is 0.350 e. The number of hydrogen-bond acceptors (Lipinski definition) is 6. The molecule has 0 aromatic carbocycles. The quantitative estimate of drug-likeness (QED) is 0.193. The van der Waals surface area contributed by atoms with Crippen LogP contribution in [0.3, 0.4) is 0 Å². The maximum absolute atomic E-state index is 12.2. The Bertz CT molecular complexity index is 706. The molecule has 0 aliphatic rings. The Hall–Kier alpha value is -1.43. The molecule has 3 N–H and O–H groups in total. The molecule has 0 bridgehead atoms. The van der Waals surface area contributed by atoms with Gasteiger partial charge in [-0.3, -0.25) is 9.79 Å². The Morgan fingerprint density at radius 1 is 1.21 bits per heavy atom. The van der Waals surface area contributed by atoms with Gasteiger partial charge in [0.1, 0.15) is 9.88 Å². The van der Waals surface area contributed by atoms with Gasteiger partial charge in [0.15, 0.2) is 5.96 Å². The largest absolute Gasteiger partial charge is 0.462 e. The van der Waals surface area contributed by atoms with Gasteiger partial charge in [-0.25, -0.2) is 9.78 Å². The molecule has 0 spiro atoms. The molecule has 1 heterocycles. The van der Waals surface area contributed by atoms with Crippen LogP contribution in [0.4, 0.5) is 0 Å². The zero-order valence-electron chi connectivity index (χ0n) is 18.3. The molecule has 10 heteroatoms. The number of carbonyl (C=O) groups is 2. The van der Waals surface area contributed by atoms with Gasteiger partial charge in [0, 0.05) is 13.1 Å². The Morgan fingerprint density at radius 2 is 1.83 bits per heavy atom. The molecule has 0 saturated carbocycles. The normalized spacial score (nSPS) is 12.6. The molecule has 1 aromatic heterocycles. The van der Waals surface area contributed by atoms with Crippen LogP contribution in [0, 0.1) is 12.3 Å². The van der Waals surface area contributed by atoms with Gasteiger partial charge in [-0.05, 0) is 48.5 Å². The number of aryl methyl sites for hydroxylation is 1. The van der Waals surface area contributed by atoms with E-state index in [1.807, 2.05) is 34.6 Å². The van der Waals surface area contributed by atoms with Gasteiger partial charge in [0.25, 0.3) is 0 Å². The van der Waals surface area contributed by atoms with Gasteiger partial charge in [-0.2, -0.15) is 0 Å². The van der Waals surface area contributed by atoms with Crippen LogP contribution in [0.1, 0.15) is 68.0 Å². The molecule has 0 radical (unpaired) electrons. The Labute approximate surface area is 194 Å². The summed E-state index contributed by atoms with van der Waals surface area (Å²) in [6.45, 7) is 15.1. The fourth-order valence-corrected chi connectivity index (χ4v) is 3.29. The van der Waals surface area contributed by atoms with Crippen LogP contribution < -0.4 is 16.0 Å². The van der Waals surface area contributed by atoms with E-state index in [9.17, 15) is 9.59 Å². The average Bonchev–Trinajstić information content (AvgIpc) is 3.02. The summed E-state index contributed by atoms with van der Waals surface area (Å²) >= 11 is 1.32. The van der Waals surface area contributed by atoms with Crippen molar-refractivity contribution in [3.05, 3.63) is 15.6 Å². The van der Waals surface area contributed by atoms with Crippen molar-refractivity contribution in [3.8, 4) is 0 Å². The number of hydrogen-bond donors (Lipinski definition) is 3. The minimum absolute atomic E-state index is 0. The smallest absolute Gasteiger partial charge is 0.350 e. The van der Waals surface area contributed by atoms with E-state index >= 15 is 0 Å². The summed E-state index contributed by atoms with van der Waals surface area (Å²) in [5.74, 6) is 0.218. The van der Waals surface area contributed by atoms with Crippen molar-refractivity contribution in [2.75, 3.05) is 26.2 Å². The highest BCUT2D eigenvalue weighted by Crippen LogP contribution is 2.24. The molecular weight excluding hydrogens is 505 g/mol. The lowest BCUT2D eigenvalue weighted by Crippen LogP contribution is -2.42. The number of nitrogens with one attached hydrogen (secondary N) is 3. The molecular formula is C19H34IN5O3S. The van der Waals surface area contributed by atoms with Crippen molar-refractivity contribution in [1.29, 1.82) is 0 Å². The third-order valence-electron chi connectivity index (χ3n) is 3.93. The molecule has 0 fully saturated rings. The number of rotatable bonds is 9. The topological polar surface area (TPSA) is 105 Å². The highest BCUT2D eigenvalue weighted by molar-refractivity contribution is 14.0. The first kappa shape index (κ1) is 27.6. The van der Waals surface area contributed by atoms with Gasteiger partial charge in [-0.1, -0.05) is 0 Å². The lowest BCUT2D eigenvalue weighted by molar-refractivity contribution is -0.128. The highest BCUT2D eigenvalue weighted by atomic mass is 127. The average molecular weight is 539 g/mol. The second-order valence-electron chi connectivity index (χ2n) is 6.99. The van der Waals surface area contributed by atoms with Gasteiger partial charge in [-0.15, -0.1) is 35.3 Å². The number of ether oxygens (including phenoxy) is 1. The SMILES string of the molecule is CCNC(=O)C(C)(C)CN=C(NCC)NC(C)c1nc(C)c(C(=O)OCC)s1.I. The summed E-state index contributed by atoms with van der Waals surface area (Å²) in [6.07, 6.45) is 0. The van der Waals surface area contributed by atoms with Crippen LogP contribution >= 0.6 is 35.3 Å². The summed E-state index contributed by atoms with van der Waals surface area (Å²) in [5, 5.41) is 10.1. The van der Waals surface area contributed by atoms with E-state index in [0.717, 1.165) is 5.01 Å². The first-order chi connectivity index (χ1) is 13.2. The number of halogens is 1. The van der Waals surface area contributed by atoms with Crippen molar-refractivity contribution in [1.82, 2.24) is 20.9 Å². The van der Waals surface area contributed by atoms with Crippen LogP contribution in [0.25, 0.3) is 0 Å². The number of thiazole rings is 1. The number of aliphatic imine (C=N–C) groups is 1. The van der Waals surface area contributed by atoms with Gasteiger partial charge in [0.05, 0.1) is 30.3 Å². The Kier molecular flexibility index (Phi) is 12.3. The Balaban J connectivity index is 0.00000784. The maximum atomic E-state index is 12.2.